The maximum atomic E-state index is 11.9. The third-order valence-electron chi connectivity index (χ3n) is 3.40. The molecule has 0 saturated carbocycles. The number of unbranched alkanes of at least 4 members (excludes halogenated alkanes) is 3. The molecule has 1 fully saturated rings. The van der Waals surface area contributed by atoms with Crippen LogP contribution in [-0.2, 0) is 18.9 Å². The normalized spacial score (nSPS) is 21.0. The largest absolute Gasteiger partial charge is 0.392 e. The average molecular weight is 320 g/mol. The Morgan fingerprint density at radius 2 is 2.00 bits per heavy atom. The van der Waals surface area contributed by atoms with Crippen LogP contribution in [0.3, 0.4) is 0 Å². The van der Waals surface area contributed by atoms with E-state index in [0.717, 1.165) is 32.2 Å². The molecule has 4 N–H and O–H groups in total. The van der Waals surface area contributed by atoms with Crippen LogP contribution < -0.4 is 11.1 Å². The van der Waals surface area contributed by atoms with Crippen LogP contribution in [0.25, 0.3) is 0 Å². The van der Waals surface area contributed by atoms with Crippen LogP contribution in [0, 0.1) is 0 Å². The van der Waals surface area contributed by atoms with Gasteiger partial charge in [0.25, 0.3) is 0 Å². The second-order valence-electron chi connectivity index (χ2n) is 5.37. The molecule has 1 aliphatic heterocycles. The Hall–Kier alpha value is -0.750. The molecular weight excluding hydrogens is 295 g/mol. The van der Waals surface area contributed by atoms with Crippen molar-refractivity contribution in [3.05, 3.63) is 0 Å². The second-order valence-corrected chi connectivity index (χ2v) is 7.83. The number of rotatable bonds is 9. The highest BCUT2D eigenvalue weighted by atomic mass is 31.2. The van der Waals surface area contributed by atoms with Gasteiger partial charge in [0.1, 0.15) is 12.2 Å². The van der Waals surface area contributed by atoms with E-state index in [1.807, 2.05) is 0 Å². The minimum Gasteiger partial charge on any atom is -0.392 e. The number of hydrogen-bond donors (Lipinski definition) is 3. The summed E-state index contributed by atoms with van der Waals surface area (Å²) in [6.45, 7) is 1.33. The molecule has 0 bridgehead atoms. The van der Waals surface area contributed by atoms with Gasteiger partial charge in [0.05, 0.1) is 0 Å². The van der Waals surface area contributed by atoms with Gasteiger partial charge in [-0.25, -0.2) is 4.79 Å². The van der Waals surface area contributed by atoms with E-state index < -0.39 is 31.5 Å². The van der Waals surface area contributed by atoms with Gasteiger partial charge in [0.2, 0.25) is 7.37 Å². The van der Waals surface area contributed by atoms with E-state index in [0.29, 0.717) is 19.4 Å². The van der Waals surface area contributed by atoms with Gasteiger partial charge < -0.3 is 20.7 Å². The Kier molecular flexibility index (Phi) is 8.11. The van der Waals surface area contributed by atoms with Gasteiger partial charge >= 0.3 is 11.9 Å². The first-order valence-electron chi connectivity index (χ1n) is 7.43. The standard InChI is InChI=1S/C13H25N2O5P/c14-7-3-1-2-4-9-21(18,19)10-12(16)20-13(17)11-6-5-8-15-11/h11,15H,1-10,14H2,(H,18,19)/t11-/m0/s1. The number of nitrogens with two attached hydrogens (primary N) is 1. The fraction of sp³-hybridized carbons (Fsp3) is 0.846. The molecule has 1 heterocycles. The van der Waals surface area contributed by atoms with Gasteiger partial charge in [-0.15, -0.1) is 0 Å². The quantitative estimate of drug-likeness (QED) is 0.246. The van der Waals surface area contributed by atoms with Crippen molar-refractivity contribution >= 4 is 19.3 Å². The summed E-state index contributed by atoms with van der Waals surface area (Å²) in [5.41, 5.74) is 5.36. The zero-order valence-electron chi connectivity index (χ0n) is 12.3. The summed E-state index contributed by atoms with van der Waals surface area (Å²) in [5, 5.41) is 2.91. The van der Waals surface area contributed by atoms with E-state index in [4.69, 9.17) is 5.73 Å². The minimum absolute atomic E-state index is 0.0720. The maximum Gasteiger partial charge on any atom is 0.330 e. The molecule has 1 saturated heterocycles. The molecule has 7 nitrogen and oxygen atoms in total. The summed E-state index contributed by atoms with van der Waals surface area (Å²) in [7, 11) is -3.56. The summed E-state index contributed by atoms with van der Waals surface area (Å²) in [5.74, 6) is -1.57. The lowest BCUT2D eigenvalue weighted by atomic mass is 10.2. The fourth-order valence-corrected chi connectivity index (χ4v) is 3.58. The molecule has 122 valence electrons. The Bertz CT molecular complexity index is 396. The first-order chi connectivity index (χ1) is 9.94. The van der Waals surface area contributed by atoms with Gasteiger partial charge in [0, 0.05) is 6.16 Å². The van der Waals surface area contributed by atoms with Crippen LogP contribution >= 0.6 is 7.37 Å². The van der Waals surface area contributed by atoms with Crippen LogP contribution in [-0.4, -0.2) is 48.3 Å². The third-order valence-corrected chi connectivity index (χ3v) is 5.16. The highest BCUT2D eigenvalue weighted by Crippen LogP contribution is 2.41. The summed E-state index contributed by atoms with van der Waals surface area (Å²) >= 11 is 0. The zero-order chi connectivity index (χ0) is 15.7. The predicted octanol–water partition coefficient (Wildman–Crippen LogP) is 0.598. The maximum absolute atomic E-state index is 11.9. The Labute approximate surface area is 125 Å². The first-order valence-corrected chi connectivity index (χ1v) is 9.46. The second kappa shape index (κ2) is 9.30. The number of hydrogen-bond acceptors (Lipinski definition) is 6. The van der Waals surface area contributed by atoms with Crippen LogP contribution in [0.2, 0.25) is 0 Å². The van der Waals surface area contributed by atoms with E-state index >= 15 is 0 Å². The topological polar surface area (TPSA) is 119 Å². The zero-order valence-corrected chi connectivity index (χ0v) is 13.1. The molecule has 0 aromatic carbocycles. The van der Waals surface area contributed by atoms with Gasteiger partial charge in [-0.05, 0) is 38.8 Å². The van der Waals surface area contributed by atoms with Crippen molar-refractivity contribution in [2.45, 2.75) is 44.6 Å². The molecule has 1 unspecified atom stereocenters. The lowest BCUT2D eigenvalue weighted by molar-refractivity contribution is -0.159. The van der Waals surface area contributed by atoms with Gasteiger partial charge in [-0.2, -0.15) is 0 Å². The highest BCUT2D eigenvalue weighted by molar-refractivity contribution is 7.58. The fourth-order valence-electron chi connectivity index (χ4n) is 2.24. The number of carbonyl (C=O) groups excluding carboxylic acids is 2. The van der Waals surface area contributed by atoms with Crippen LogP contribution in [0.5, 0.6) is 0 Å². The van der Waals surface area contributed by atoms with E-state index in [1.54, 1.807) is 0 Å². The van der Waals surface area contributed by atoms with Gasteiger partial charge in [0.15, 0.2) is 0 Å². The van der Waals surface area contributed by atoms with E-state index in [9.17, 15) is 19.0 Å². The summed E-state index contributed by atoms with van der Waals surface area (Å²) in [6.07, 6.45) is 4.14. The van der Waals surface area contributed by atoms with Crippen LogP contribution in [0.4, 0.5) is 0 Å². The molecule has 21 heavy (non-hydrogen) atoms. The highest BCUT2D eigenvalue weighted by Gasteiger charge is 2.29. The molecule has 2 atom stereocenters. The molecular formula is C13H25N2O5P. The lowest BCUT2D eigenvalue weighted by Crippen LogP contribution is -2.34. The number of ether oxygens (including phenoxy) is 1. The molecule has 8 heteroatoms. The first kappa shape index (κ1) is 18.3. The van der Waals surface area contributed by atoms with Gasteiger partial charge in [-0.3, -0.25) is 9.36 Å². The van der Waals surface area contributed by atoms with Crippen LogP contribution in [0.15, 0.2) is 0 Å². The minimum atomic E-state index is -3.56. The Balaban J connectivity index is 2.24. The number of nitrogens with one attached hydrogen (secondary N) is 1. The van der Waals surface area contributed by atoms with E-state index in [-0.39, 0.29) is 6.16 Å². The SMILES string of the molecule is NCCCCCCP(=O)(O)CC(=O)OC(=O)[C@@H]1CCCN1. The lowest BCUT2D eigenvalue weighted by Gasteiger charge is -2.12. The summed E-state index contributed by atoms with van der Waals surface area (Å²) in [4.78, 5) is 32.8. The van der Waals surface area contributed by atoms with Crippen molar-refractivity contribution in [3.63, 3.8) is 0 Å². The van der Waals surface area contributed by atoms with Crippen molar-refractivity contribution in [2.75, 3.05) is 25.4 Å². The Morgan fingerprint density at radius 3 is 2.62 bits per heavy atom. The molecule has 0 radical (unpaired) electrons. The van der Waals surface area contributed by atoms with Crippen molar-refractivity contribution in [1.29, 1.82) is 0 Å². The van der Waals surface area contributed by atoms with Crippen molar-refractivity contribution < 1.29 is 23.8 Å². The number of esters is 2. The molecule has 1 aliphatic rings. The molecule has 0 aromatic rings. The monoisotopic (exact) mass is 320 g/mol. The Morgan fingerprint density at radius 1 is 1.29 bits per heavy atom. The smallest absolute Gasteiger partial charge is 0.330 e. The molecule has 0 aromatic heterocycles. The molecule has 0 spiro atoms. The number of carbonyl (C=O) groups is 2. The summed E-state index contributed by atoms with van der Waals surface area (Å²) in [6, 6.07) is -0.469. The van der Waals surface area contributed by atoms with E-state index in [2.05, 4.69) is 10.1 Å². The molecule has 0 aliphatic carbocycles. The van der Waals surface area contributed by atoms with Crippen molar-refractivity contribution in [3.8, 4) is 0 Å². The summed E-state index contributed by atoms with van der Waals surface area (Å²) < 4.78 is 16.5. The van der Waals surface area contributed by atoms with Crippen molar-refractivity contribution in [1.82, 2.24) is 5.32 Å². The molecule has 0 amide bonds. The molecule has 1 rings (SSSR count). The average Bonchev–Trinajstić information content (AvgIpc) is 2.91. The van der Waals surface area contributed by atoms with Crippen molar-refractivity contribution in [2.24, 2.45) is 5.73 Å². The van der Waals surface area contributed by atoms with Crippen LogP contribution in [0.1, 0.15) is 38.5 Å². The van der Waals surface area contributed by atoms with E-state index in [1.165, 1.54) is 0 Å². The van der Waals surface area contributed by atoms with Gasteiger partial charge in [-0.1, -0.05) is 12.8 Å². The third kappa shape index (κ3) is 7.71. The predicted molar refractivity (Wildman–Crippen MR) is 79.2 cm³/mol.